The summed E-state index contributed by atoms with van der Waals surface area (Å²) < 4.78 is 3.41. The lowest BCUT2D eigenvalue weighted by Gasteiger charge is -2.07. The van der Waals surface area contributed by atoms with Crippen LogP contribution in [0.1, 0.15) is 16.2 Å². The van der Waals surface area contributed by atoms with Gasteiger partial charge in [-0.25, -0.2) is 9.78 Å². The zero-order valence-corrected chi connectivity index (χ0v) is 9.91. The number of rotatable bonds is 4. The molecule has 0 aliphatic carbocycles. The molecular formula is C12H13N3O3. The first-order valence-corrected chi connectivity index (χ1v) is 5.49. The number of carboxylic acids is 1. The Kier molecular flexibility index (Phi) is 3.27. The van der Waals surface area contributed by atoms with Crippen LogP contribution in [-0.2, 0) is 13.1 Å². The minimum atomic E-state index is -1.09. The van der Waals surface area contributed by atoms with Crippen molar-refractivity contribution < 1.29 is 9.90 Å². The van der Waals surface area contributed by atoms with E-state index in [9.17, 15) is 9.59 Å². The summed E-state index contributed by atoms with van der Waals surface area (Å²) in [5.74, 6) is -0.213. The Morgan fingerprint density at radius 1 is 1.33 bits per heavy atom. The summed E-state index contributed by atoms with van der Waals surface area (Å²) in [5, 5.41) is 8.76. The van der Waals surface area contributed by atoms with Crippen LogP contribution in [0.2, 0.25) is 0 Å². The Bertz CT molecular complexity index is 627. The fourth-order valence-corrected chi connectivity index (χ4v) is 1.68. The normalized spacial score (nSPS) is 10.5. The van der Waals surface area contributed by atoms with Gasteiger partial charge >= 0.3 is 5.97 Å². The van der Waals surface area contributed by atoms with Crippen molar-refractivity contribution in [3.8, 4) is 0 Å². The number of carboxylic acid groups (broad SMARTS) is 1. The maximum atomic E-state index is 11.7. The monoisotopic (exact) mass is 247 g/mol. The Morgan fingerprint density at radius 3 is 2.61 bits per heavy atom. The standard InChI is InChI=1S/C12H13N3O3/c1-9-13-3-5-14(9)6-7-15-4-2-10(12(17)18)8-11(15)16/h2-5,8H,6-7H2,1H3,(H,17,18). The predicted molar refractivity (Wildman–Crippen MR) is 64.6 cm³/mol. The van der Waals surface area contributed by atoms with Gasteiger partial charge in [-0.05, 0) is 13.0 Å². The minimum Gasteiger partial charge on any atom is -0.478 e. The molecule has 6 nitrogen and oxygen atoms in total. The molecule has 0 aliphatic heterocycles. The summed E-state index contributed by atoms with van der Waals surface area (Å²) in [7, 11) is 0. The fourth-order valence-electron chi connectivity index (χ4n) is 1.68. The fraction of sp³-hybridized carbons (Fsp3) is 0.250. The predicted octanol–water partition coefficient (Wildman–Crippen LogP) is 0.752. The van der Waals surface area contributed by atoms with Gasteiger partial charge in [0.25, 0.3) is 5.56 Å². The molecular weight excluding hydrogens is 234 g/mol. The van der Waals surface area contributed by atoms with Crippen molar-refractivity contribution in [2.45, 2.75) is 20.0 Å². The molecule has 6 heteroatoms. The van der Waals surface area contributed by atoms with Gasteiger partial charge in [0.1, 0.15) is 5.82 Å². The highest BCUT2D eigenvalue weighted by Crippen LogP contribution is 1.98. The van der Waals surface area contributed by atoms with Crippen molar-refractivity contribution in [1.29, 1.82) is 0 Å². The van der Waals surface area contributed by atoms with Crippen molar-refractivity contribution in [3.63, 3.8) is 0 Å². The second-order valence-corrected chi connectivity index (χ2v) is 3.92. The molecule has 0 aromatic carbocycles. The summed E-state index contributed by atoms with van der Waals surface area (Å²) >= 11 is 0. The molecule has 2 aromatic heterocycles. The molecule has 0 bridgehead atoms. The first-order chi connectivity index (χ1) is 8.58. The first kappa shape index (κ1) is 12.1. The molecule has 2 heterocycles. The first-order valence-electron chi connectivity index (χ1n) is 5.49. The average Bonchev–Trinajstić information content (AvgIpc) is 2.73. The third kappa shape index (κ3) is 2.48. The SMILES string of the molecule is Cc1nccn1CCn1ccc(C(=O)O)cc1=O. The number of hydrogen-bond acceptors (Lipinski definition) is 3. The summed E-state index contributed by atoms with van der Waals surface area (Å²) in [6.45, 7) is 2.99. The quantitative estimate of drug-likeness (QED) is 0.865. The zero-order valence-electron chi connectivity index (χ0n) is 9.91. The molecule has 0 spiro atoms. The van der Waals surface area contributed by atoms with Crippen LogP contribution in [0.3, 0.4) is 0 Å². The molecule has 0 saturated carbocycles. The van der Waals surface area contributed by atoms with Crippen LogP contribution >= 0.6 is 0 Å². The van der Waals surface area contributed by atoms with E-state index in [1.54, 1.807) is 6.20 Å². The van der Waals surface area contributed by atoms with Crippen LogP contribution in [0, 0.1) is 6.92 Å². The zero-order chi connectivity index (χ0) is 13.1. The van der Waals surface area contributed by atoms with E-state index in [1.807, 2.05) is 17.7 Å². The molecule has 0 aliphatic rings. The van der Waals surface area contributed by atoms with Gasteiger partial charge in [-0.2, -0.15) is 0 Å². The highest BCUT2D eigenvalue weighted by Gasteiger charge is 2.05. The molecule has 2 rings (SSSR count). The number of pyridine rings is 1. The number of aromatic carboxylic acids is 1. The lowest BCUT2D eigenvalue weighted by atomic mass is 10.3. The Morgan fingerprint density at radius 2 is 2.06 bits per heavy atom. The molecule has 0 unspecified atom stereocenters. The smallest absolute Gasteiger partial charge is 0.335 e. The van der Waals surface area contributed by atoms with Gasteiger partial charge in [0.05, 0.1) is 5.56 Å². The molecule has 94 valence electrons. The van der Waals surface area contributed by atoms with Crippen LogP contribution < -0.4 is 5.56 Å². The molecule has 0 fully saturated rings. The number of nitrogens with zero attached hydrogens (tertiary/aromatic N) is 3. The Hall–Kier alpha value is -2.37. The largest absolute Gasteiger partial charge is 0.478 e. The van der Waals surface area contributed by atoms with E-state index < -0.39 is 5.97 Å². The molecule has 1 N–H and O–H groups in total. The van der Waals surface area contributed by atoms with E-state index >= 15 is 0 Å². The van der Waals surface area contributed by atoms with Crippen molar-refractivity contribution in [2.24, 2.45) is 0 Å². The lowest BCUT2D eigenvalue weighted by Crippen LogP contribution is -2.22. The van der Waals surface area contributed by atoms with Crippen molar-refractivity contribution in [2.75, 3.05) is 0 Å². The number of hydrogen-bond donors (Lipinski definition) is 1. The summed E-state index contributed by atoms with van der Waals surface area (Å²) in [6, 6.07) is 2.55. The maximum absolute atomic E-state index is 11.7. The van der Waals surface area contributed by atoms with Gasteiger partial charge in [-0.15, -0.1) is 0 Å². The van der Waals surface area contributed by atoms with E-state index in [2.05, 4.69) is 4.98 Å². The van der Waals surface area contributed by atoms with Crippen LogP contribution in [-0.4, -0.2) is 25.2 Å². The Balaban J connectivity index is 2.13. The number of imidazole rings is 1. The van der Waals surface area contributed by atoms with Crippen LogP contribution in [0.5, 0.6) is 0 Å². The lowest BCUT2D eigenvalue weighted by molar-refractivity contribution is 0.0696. The van der Waals surface area contributed by atoms with Gasteiger partial charge in [0.2, 0.25) is 0 Å². The number of aromatic nitrogens is 3. The highest BCUT2D eigenvalue weighted by atomic mass is 16.4. The third-order valence-corrected chi connectivity index (χ3v) is 2.75. The minimum absolute atomic E-state index is 0.00932. The van der Waals surface area contributed by atoms with Crippen LogP contribution in [0.4, 0.5) is 0 Å². The molecule has 0 atom stereocenters. The van der Waals surface area contributed by atoms with Crippen LogP contribution in [0.25, 0.3) is 0 Å². The highest BCUT2D eigenvalue weighted by molar-refractivity contribution is 5.87. The van der Waals surface area contributed by atoms with Gasteiger partial charge in [0.15, 0.2) is 0 Å². The van der Waals surface area contributed by atoms with E-state index in [0.29, 0.717) is 13.1 Å². The number of carbonyl (C=O) groups is 1. The Labute approximate surface area is 103 Å². The third-order valence-electron chi connectivity index (χ3n) is 2.75. The molecule has 0 amide bonds. The second kappa shape index (κ2) is 4.87. The van der Waals surface area contributed by atoms with E-state index in [1.165, 1.54) is 16.8 Å². The molecule has 0 saturated heterocycles. The van der Waals surface area contributed by atoms with Gasteiger partial charge in [-0.3, -0.25) is 4.79 Å². The molecule has 18 heavy (non-hydrogen) atoms. The van der Waals surface area contributed by atoms with Crippen molar-refractivity contribution >= 4 is 5.97 Å². The summed E-state index contributed by atoms with van der Waals surface area (Å²) in [4.78, 5) is 26.4. The van der Waals surface area contributed by atoms with E-state index in [0.717, 1.165) is 11.9 Å². The molecule has 0 radical (unpaired) electrons. The van der Waals surface area contributed by atoms with Gasteiger partial charge in [0, 0.05) is 37.7 Å². The van der Waals surface area contributed by atoms with E-state index in [-0.39, 0.29) is 11.1 Å². The van der Waals surface area contributed by atoms with Gasteiger partial charge < -0.3 is 14.2 Å². The topological polar surface area (TPSA) is 77.1 Å². The van der Waals surface area contributed by atoms with Gasteiger partial charge in [-0.1, -0.05) is 0 Å². The maximum Gasteiger partial charge on any atom is 0.335 e. The van der Waals surface area contributed by atoms with E-state index in [4.69, 9.17) is 5.11 Å². The van der Waals surface area contributed by atoms with Crippen molar-refractivity contribution in [3.05, 3.63) is 52.5 Å². The summed E-state index contributed by atoms with van der Waals surface area (Å²) in [5.41, 5.74) is -0.303. The molecule has 2 aromatic rings. The average molecular weight is 247 g/mol. The van der Waals surface area contributed by atoms with Crippen molar-refractivity contribution in [1.82, 2.24) is 14.1 Å². The van der Waals surface area contributed by atoms with Crippen LogP contribution in [0.15, 0.2) is 35.5 Å². The summed E-state index contributed by atoms with van der Waals surface area (Å²) in [6.07, 6.45) is 5.04. The second-order valence-electron chi connectivity index (χ2n) is 3.92. The number of aryl methyl sites for hydroxylation is 3.